The normalized spacial score (nSPS) is 13.9. The van der Waals surface area contributed by atoms with Crippen molar-refractivity contribution in [2.24, 2.45) is 0 Å². The monoisotopic (exact) mass is 376 g/mol. The SMILES string of the molecule is CCCCCCCCCCCCCCCCCCOP(=O)(O)CCC. The predicted molar refractivity (Wildman–Crippen MR) is 110 cm³/mol. The average Bonchev–Trinajstić information content (AvgIpc) is 2.57. The van der Waals surface area contributed by atoms with Crippen molar-refractivity contribution in [2.45, 2.75) is 123 Å². The molecule has 0 aromatic rings. The first-order chi connectivity index (χ1) is 12.1. The number of hydrogen-bond donors (Lipinski definition) is 1. The first-order valence-electron chi connectivity index (χ1n) is 11.1. The Morgan fingerprint density at radius 3 is 1.32 bits per heavy atom. The molecule has 0 saturated heterocycles. The van der Waals surface area contributed by atoms with Crippen LogP contribution in [0.4, 0.5) is 0 Å². The lowest BCUT2D eigenvalue weighted by atomic mass is 10.0. The van der Waals surface area contributed by atoms with Gasteiger partial charge in [0.15, 0.2) is 0 Å². The van der Waals surface area contributed by atoms with Gasteiger partial charge < -0.3 is 9.42 Å². The summed E-state index contributed by atoms with van der Waals surface area (Å²) in [4.78, 5) is 9.47. The standard InChI is InChI=1S/C21H45O3P/c1-3-5-6-7-8-9-10-11-12-13-14-15-16-17-18-19-20-24-25(22,23)21-4-2/h3-21H2,1-2H3,(H,22,23). The highest BCUT2D eigenvalue weighted by atomic mass is 31.2. The van der Waals surface area contributed by atoms with E-state index >= 15 is 0 Å². The van der Waals surface area contributed by atoms with E-state index in [1.807, 2.05) is 6.92 Å². The maximum absolute atomic E-state index is 11.5. The van der Waals surface area contributed by atoms with E-state index in [4.69, 9.17) is 4.52 Å². The van der Waals surface area contributed by atoms with Gasteiger partial charge in [-0.2, -0.15) is 0 Å². The molecular weight excluding hydrogens is 331 g/mol. The van der Waals surface area contributed by atoms with Gasteiger partial charge in [-0.3, -0.25) is 4.57 Å². The summed E-state index contributed by atoms with van der Waals surface area (Å²) in [6.07, 6.45) is 22.4. The van der Waals surface area contributed by atoms with E-state index in [0.29, 0.717) is 13.0 Å². The molecule has 0 saturated carbocycles. The lowest BCUT2D eigenvalue weighted by molar-refractivity contribution is 0.252. The molecule has 3 nitrogen and oxygen atoms in total. The van der Waals surface area contributed by atoms with E-state index in [9.17, 15) is 9.46 Å². The van der Waals surface area contributed by atoms with Crippen LogP contribution in [0, 0.1) is 0 Å². The van der Waals surface area contributed by atoms with Crippen LogP contribution in [-0.2, 0) is 9.09 Å². The van der Waals surface area contributed by atoms with E-state index in [1.54, 1.807) is 0 Å². The number of unbranched alkanes of at least 4 members (excludes halogenated alkanes) is 15. The first-order valence-corrected chi connectivity index (χ1v) is 12.8. The fraction of sp³-hybridized carbons (Fsp3) is 1.00. The highest BCUT2D eigenvalue weighted by Crippen LogP contribution is 2.42. The number of hydrogen-bond acceptors (Lipinski definition) is 2. The summed E-state index contributed by atoms with van der Waals surface area (Å²) < 4.78 is 16.6. The van der Waals surface area contributed by atoms with Crippen molar-refractivity contribution in [1.29, 1.82) is 0 Å². The minimum atomic E-state index is -3.28. The molecule has 0 aromatic carbocycles. The minimum Gasteiger partial charge on any atom is -0.324 e. The van der Waals surface area contributed by atoms with Crippen LogP contribution in [0.15, 0.2) is 0 Å². The molecule has 0 bridgehead atoms. The fourth-order valence-electron chi connectivity index (χ4n) is 3.20. The van der Waals surface area contributed by atoms with Gasteiger partial charge in [-0.1, -0.05) is 110 Å². The third-order valence-corrected chi connectivity index (χ3v) is 6.40. The van der Waals surface area contributed by atoms with E-state index in [1.165, 1.54) is 89.9 Å². The molecule has 0 aliphatic carbocycles. The molecule has 0 aromatic heterocycles. The van der Waals surface area contributed by atoms with Gasteiger partial charge in [0.05, 0.1) is 6.61 Å². The molecule has 1 N–H and O–H groups in total. The molecule has 0 radical (unpaired) electrons. The molecule has 0 rings (SSSR count). The molecule has 4 heteroatoms. The second-order valence-corrected chi connectivity index (χ2v) is 9.48. The van der Waals surface area contributed by atoms with Crippen molar-refractivity contribution < 1.29 is 14.0 Å². The van der Waals surface area contributed by atoms with Crippen molar-refractivity contribution in [3.05, 3.63) is 0 Å². The van der Waals surface area contributed by atoms with Crippen LogP contribution in [0.5, 0.6) is 0 Å². The van der Waals surface area contributed by atoms with Gasteiger partial charge in [0.1, 0.15) is 0 Å². The van der Waals surface area contributed by atoms with E-state index in [0.717, 1.165) is 12.8 Å². The summed E-state index contributed by atoms with van der Waals surface area (Å²) in [5, 5.41) is 0. The van der Waals surface area contributed by atoms with E-state index in [2.05, 4.69) is 6.92 Å². The molecule has 152 valence electrons. The minimum absolute atomic E-state index is 0.284. The molecule has 0 aliphatic rings. The Labute approximate surface area is 157 Å². The van der Waals surface area contributed by atoms with Crippen LogP contribution in [0.1, 0.15) is 123 Å². The maximum atomic E-state index is 11.5. The van der Waals surface area contributed by atoms with Crippen molar-refractivity contribution in [3.8, 4) is 0 Å². The summed E-state index contributed by atoms with van der Waals surface area (Å²) >= 11 is 0. The van der Waals surface area contributed by atoms with Gasteiger partial charge in [0.2, 0.25) is 0 Å². The topological polar surface area (TPSA) is 46.5 Å². The van der Waals surface area contributed by atoms with E-state index < -0.39 is 7.60 Å². The van der Waals surface area contributed by atoms with Gasteiger partial charge in [-0.15, -0.1) is 0 Å². The van der Waals surface area contributed by atoms with Crippen LogP contribution in [0.2, 0.25) is 0 Å². The predicted octanol–water partition coefficient (Wildman–Crippen LogP) is 7.86. The average molecular weight is 377 g/mol. The van der Waals surface area contributed by atoms with Crippen molar-refractivity contribution >= 4 is 7.60 Å². The van der Waals surface area contributed by atoms with Crippen molar-refractivity contribution in [2.75, 3.05) is 12.8 Å². The Balaban J connectivity index is 3.11. The quantitative estimate of drug-likeness (QED) is 0.174. The largest absolute Gasteiger partial charge is 0.328 e. The second-order valence-electron chi connectivity index (χ2n) is 7.50. The van der Waals surface area contributed by atoms with Gasteiger partial charge in [-0.05, 0) is 12.8 Å². The van der Waals surface area contributed by atoms with Crippen molar-refractivity contribution in [1.82, 2.24) is 0 Å². The third kappa shape index (κ3) is 20.3. The third-order valence-electron chi connectivity index (χ3n) is 4.80. The highest BCUT2D eigenvalue weighted by molar-refractivity contribution is 7.52. The van der Waals surface area contributed by atoms with Gasteiger partial charge >= 0.3 is 7.60 Å². The first kappa shape index (κ1) is 25.1. The zero-order valence-corrected chi connectivity index (χ0v) is 18.0. The summed E-state index contributed by atoms with van der Waals surface area (Å²) in [6, 6.07) is 0. The van der Waals surface area contributed by atoms with Crippen LogP contribution in [0.25, 0.3) is 0 Å². The Kier molecular flexibility index (Phi) is 19.0. The van der Waals surface area contributed by atoms with Gasteiger partial charge in [0.25, 0.3) is 0 Å². The highest BCUT2D eigenvalue weighted by Gasteiger charge is 2.16. The zero-order valence-electron chi connectivity index (χ0n) is 17.1. The summed E-state index contributed by atoms with van der Waals surface area (Å²) in [6.45, 7) is 4.62. The molecular formula is C21H45O3P. The van der Waals surface area contributed by atoms with Crippen LogP contribution < -0.4 is 0 Å². The lowest BCUT2D eigenvalue weighted by Gasteiger charge is -2.10. The molecule has 0 spiro atoms. The van der Waals surface area contributed by atoms with E-state index in [-0.39, 0.29) is 6.16 Å². The van der Waals surface area contributed by atoms with Crippen molar-refractivity contribution in [3.63, 3.8) is 0 Å². The molecule has 1 atom stereocenters. The fourth-order valence-corrected chi connectivity index (χ4v) is 4.31. The Bertz CT molecular complexity index is 308. The van der Waals surface area contributed by atoms with Crippen LogP contribution >= 0.6 is 7.60 Å². The van der Waals surface area contributed by atoms with Gasteiger partial charge in [-0.25, -0.2) is 0 Å². The Morgan fingerprint density at radius 1 is 0.600 bits per heavy atom. The second kappa shape index (κ2) is 18.9. The molecule has 0 aliphatic heterocycles. The maximum Gasteiger partial charge on any atom is 0.328 e. The van der Waals surface area contributed by atoms with Crippen LogP contribution in [-0.4, -0.2) is 17.7 Å². The summed E-state index contributed by atoms with van der Waals surface area (Å²) in [5.74, 6) is 0. The molecule has 0 amide bonds. The molecule has 25 heavy (non-hydrogen) atoms. The zero-order chi connectivity index (χ0) is 18.6. The van der Waals surface area contributed by atoms with Gasteiger partial charge in [0, 0.05) is 6.16 Å². The Hall–Kier alpha value is 0.150. The Morgan fingerprint density at radius 2 is 0.960 bits per heavy atom. The summed E-state index contributed by atoms with van der Waals surface area (Å²) in [5.41, 5.74) is 0. The molecule has 1 unspecified atom stereocenters. The lowest BCUT2D eigenvalue weighted by Crippen LogP contribution is -1.96. The number of rotatable bonds is 20. The molecule has 0 fully saturated rings. The summed E-state index contributed by atoms with van der Waals surface area (Å²) in [7, 11) is -3.28. The smallest absolute Gasteiger partial charge is 0.324 e. The van der Waals surface area contributed by atoms with Crippen LogP contribution in [0.3, 0.4) is 0 Å². The molecule has 0 heterocycles.